The van der Waals surface area contributed by atoms with E-state index in [-0.39, 0.29) is 11.9 Å². The first-order valence-corrected chi connectivity index (χ1v) is 6.72. The van der Waals surface area contributed by atoms with Gasteiger partial charge in [0.1, 0.15) is 5.69 Å². The largest absolute Gasteiger partial charge is 0.409 e. The lowest BCUT2D eigenvalue weighted by Crippen LogP contribution is -2.26. The van der Waals surface area contributed by atoms with Gasteiger partial charge in [0.25, 0.3) is 0 Å². The van der Waals surface area contributed by atoms with Gasteiger partial charge in [0, 0.05) is 18.1 Å². The monoisotopic (exact) mass is 276 g/mol. The van der Waals surface area contributed by atoms with Gasteiger partial charge in [-0.3, -0.25) is 4.98 Å². The van der Waals surface area contributed by atoms with Crippen molar-refractivity contribution in [2.45, 2.75) is 13.0 Å². The summed E-state index contributed by atoms with van der Waals surface area (Å²) in [6, 6.07) is 8.05. The second kappa shape index (κ2) is 5.71. The quantitative estimate of drug-likeness (QED) is 0.389. The Labute approximate surface area is 116 Å². The molecule has 0 saturated carbocycles. The Kier molecular flexibility index (Phi) is 4.01. The van der Waals surface area contributed by atoms with Crippen LogP contribution in [0.2, 0.25) is 0 Å². The molecule has 0 aliphatic carbocycles. The van der Waals surface area contributed by atoms with Gasteiger partial charge < -0.3 is 15.8 Å². The second-order valence-electron chi connectivity index (χ2n) is 4.16. The molecule has 6 heteroatoms. The lowest BCUT2D eigenvalue weighted by Gasteiger charge is -2.27. The molecule has 0 radical (unpaired) electrons. The minimum absolute atomic E-state index is 0.0147. The summed E-state index contributed by atoms with van der Waals surface area (Å²) in [7, 11) is 1.97. The molecule has 1 unspecified atom stereocenters. The highest BCUT2D eigenvalue weighted by Crippen LogP contribution is 2.29. The summed E-state index contributed by atoms with van der Waals surface area (Å²) in [6.45, 7) is 2.11. The maximum absolute atomic E-state index is 8.82. The predicted octanol–water partition coefficient (Wildman–Crippen LogP) is 2.43. The molecular formula is C13H16N4OS. The molecule has 2 heterocycles. The van der Waals surface area contributed by atoms with Crippen LogP contribution in [0.1, 0.15) is 23.5 Å². The number of rotatable bonds is 4. The fourth-order valence-electron chi connectivity index (χ4n) is 1.85. The van der Waals surface area contributed by atoms with E-state index < -0.39 is 0 Å². The van der Waals surface area contributed by atoms with Crippen molar-refractivity contribution in [3.05, 3.63) is 46.4 Å². The molecule has 0 aliphatic heterocycles. The van der Waals surface area contributed by atoms with Crippen molar-refractivity contribution in [3.8, 4) is 0 Å². The van der Waals surface area contributed by atoms with Gasteiger partial charge >= 0.3 is 0 Å². The molecule has 5 nitrogen and oxygen atoms in total. The van der Waals surface area contributed by atoms with Gasteiger partial charge in [-0.15, -0.1) is 11.3 Å². The average molecular weight is 276 g/mol. The highest BCUT2D eigenvalue weighted by Gasteiger charge is 2.18. The minimum Gasteiger partial charge on any atom is -0.409 e. The molecular weight excluding hydrogens is 260 g/mol. The molecule has 0 fully saturated rings. The third-order valence-electron chi connectivity index (χ3n) is 3.05. The van der Waals surface area contributed by atoms with Gasteiger partial charge in [0.05, 0.1) is 11.7 Å². The van der Waals surface area contributed by atoms with Gasteiger partial charge in [-0.2, -0.15) is 0 Å². The second-order valence-corrected chi connectivity index (χ2v) is 5.14. The van der Waals surface area contributed by atoms with Gasteiger partial charge in [0.2, 0.25) is 0 Å². The van der Waals surface area contributed by atoms with Crippen molar-refractivity contribution in [1.29, 1.82) is 0 Å². The van der Waals surface area contributed by atoms with E-state index in [1.165, 1.54) is 4.88 Å². The summed E-state index contributed by atoms with van der Waals surface area (Å²) < 4.78 is 0. The van der Waals surface area contributed by atoms with E-state index in [9.17, 15) is 0 Å². The maximum Gasteiger partial charge on any atom is 0.190 e. The number of pyridine rings is 1. The highest BCUT2D eigenvalue weighted by molar-refractivity contribution is 7.10. The summed E-state index contributed by atoms with van der Waals surface area (Å²) in [5.74, 6) is 0.0147. The molecule has 0 spiro atoms. The number of hydrogen-bond acceptors (Lipinski definition) is 5. The maximum atomic E-state index is 8.82. The fourth-order valence-corrected chi connectivity index (χ4v) is 2.68. The first-order chi connectivity index (χ1) is 9.15. The highest BCUT2D eigenvalue weighted by atomic mass is 32.1. The van der Waals surface area contributed by atoms with Crippen LogP contribution in [-0.2, 0) is 0 Å². The lowest BCUT2D eigenvalue weighted by atomic mass is 10.2. The smallest absolute Gasteiger partial charge is 0.190 e. The van der Waals surface area contributed by atoms with Crippen molar-refractivity contribution in [1.82, 2.24) is 4.98 Å². The minimum atomic E-state index is 0.0147. The Morgan fingerprint density at radius 1 is 1.47 bits per heavy atom. The van der Waals surface area contributed by atoms with E-state index in [0.717, 1.165) is 5.69 Å². The Balaban J connectivity index is 2.36. The van der Waals surface area contributed by atoms with E-state index in [2.05, 4.69) is 28.0 Å². The van der Waals surface area contributed by atoms with Gasteiger partial charge in [0.15, 0.2) is 5.84 Å². The van der Waals surface area contributed by atoms with E-state index in [0.29, 0.717) is 5.69 Å². The SMILES string of the molecule is CC(c1cccs1)N(C)c1cccnc1/C(N)=N/O. The first-order valence-electron chi connectivity index (χ1n) is 5.84. The molecule has 0 aliphatic rings. The summed E-state index contributed by atoms with van der Waals surface area (Å²) in [4.78, 5) is 7.49. The summed E-state index contributed by atoms with van der Waals surface area (Å²) >= 11 is 1.70. The molecule has 19 heavy (non-hydrogen) atoms. The van der Waals surface area contributed by atoms with Crippen LogP contribution in [-0.4, -0.2) is 23.1 Å². The van der Waals surface area contributed by atoms with Crippen LogP contribution in [0, 0.1) is 0 Å². The third-order valence-corrected chi connectivity index (χ3v) is 4.10. The zero-order chi connectivity index (χ0) is 13.8. The van der Waals surface area contributed by atoms with Crippen LogP contribution in [0.5, 0.6) is 0 Å². The van der Waals surface area contributed by atoms with Crippen molar-refractivity contribution < 1.29 is 5.21 Å². The Bertz CT molecular complexity index is 568. The first kappa shape index (κ1) is 13.4. The number of aromatic nitrogens is 1. The lowest BCUT2D eigenvalue weighted by molar-refractivity contribution is 0.318. The number of nitrogens with zero attached hydrogens (tertiary/aromatic N) is 3. The predicted molar refractivity (Wildman–Crippen MR) is 77.9 cm³/mol. The van der Waals surface area contributed by atoms with Crippen molar-refractivity contribution in [3.63, 3.8) is 0 Å². The molecule has 0 bridgehead atoms. The summed E-state index contributed by atoms with van der Waals surface area (Å²) in [5.41, 5.74) is 6.98. The van der Waals surface area contributed by atoms with E-state index in [1.807, 2.05) is 30.6 Å². The van der Waals surface area contributed by atoms with Crippen molar-refractivity contribution >= 4 is 22.9 Å². The van der Waals surface area contributed by atoms with E-state index in [1.54, 1.807) is 17.5 Å². The molecule has 0 aromatic carbocycles. The van der Waals surface area contributed by atoms with Gasteiger partial charge in [-0.05, 0) is 30.5 Å². The van der Waals surface area contributed by atoms with Gasteiger partial charge in [-0.1, -0.05) is 11.2 Å². The molecule has 2 aromatic rings. The van der Waals surface area contributed by atoms with Gasteiger partial charge in [-0.25, -0.2) is 0 Å². The number of nitrogens with two attached hydrogens (primary N) is 1. The van der Waals surface area contributed by atoms with Crippen LogP contribution in [0.4, 0.5) is 5.69 Å². The van der Waals surface area contributed by atoms with E-state index >= 15 is 0 Å². The summed E-state index contributed by atoms with van der Waals surface area (Å²) in [5, 5.41) is 13.9. The van der Waals surface area contributed by atoms with Crippen molar-refractivity contribution in [2.24, 2.45) is 10.9 Å². The Morgan fingerprint density at radius 3 is 2.89 bits per heavy atom. The number of oxime groups is 1. The molecule has 2 rings (SSSR count). The van der Waals surface area contributed by atoms with Crippen LogP contribution >= 0.6 is 11.3 Å². The van der Waals surface area contributed by atoms with E-state index in [4.69, 9.17) is 10.9 Å². The topological polar surface area (TPSA) is 74.7 Å². The molecule has 0 saturated heterocycles. The van der Waals surface area contributed by atoms with Crippen LogP contribution in [0.15, 0.2) is 41.0 Å². The standard InChI is InChI=1S/C13H16N4OS/c1-9(11-6-4-8-19-11)17(2)10-5-3-7-15-12(10)13(14)16-18/h3-9,18H,1-2H3,(H2,14,16). The Morgan fingerprint density at radius 2 is 2.26 bits per heavy atom. The van der Waals surface area contributed by atoms with Crippen molar-refractivity contribution in [2.75, 3.05) is 11.9 Å². The zero-order valence-corrected chi connectivity index (χ0v) is 11.6. The number of thiophene rings is 1. The average Bonchev–Trinajstić information content (AvgIpc) is 2.99. The molecule has 1 atom stereocenters. The molecule has 0 amide bonds. The fraction of sp³-hybridized carbons (Fsp3) is 0.231. The van der Waals surface area contributed by atoms with Crippen LogP contribution in [0.3, 0.4) is 0 Å². The normalized spacial score (nSPS) is 13.3. The Hall–Kier alpha value is -2.08. The third kappa shape index (κ3) is 2.68. The number of anilines is 1. The van der Waals surface area contributed by atoms with Crippen LogP contribution < -0.4 is 10.6 Å². The van der Waals surface area contributed by atoms with Crippen LogP contribution in [0.25, 0.3) is 0 Å². The molecule has 3 N–H and O–H groups in total. The number of amidine groups is 1. The number of hydrogen-bond donors (Lipinski definition) is 2. The molecule has 2 aromatic heterocycles. The zero-order valence-electron chi connectivity index (χ0n) is 10.8. The molecule has 100 valence electrons. The summed E-state index contributed by atoms with van der Waals surface area (Å²) in [6.07, 6.45) is 1.63.